The molecular weight excluding hydrogens is 226 g/mol. The standard InChI is InChI=1S/C14H15N3O/c1-2-8-17(7-1)13-12-10(4-3-6-15-12)11-5-9-18-14(11)16-13/h3-4,6H,1-2,5,7-9H2. The molecule has 18 heavy (non-hydrogen) atoms. The summed E-state index contributed by atoms with van der Waals surface area (Å²) < 4.78 is 5.64. The number of fused-ring (bicyclic) bond motifs is 3. The van der Waals surface area contributed by atoms with E-state index in [1.165, 1.54) is 23.8 Å². The van der Waals surface area contributed by atoms with Crippen LogP contribution in [0.2, 0.25) is 0 Å². The summed E-state index contributed by atoms with van der Waals surface area (Å²) in [6.45, 7) is 2.91. The minimum Gasteiger partial charge on any atom is -0.477 e. The number of aromatic nitrogens is 2. The van der Waals surface area contributed by atoms with Crippen LogP contribution in [0, 0.1) is 0 Å². The Kier molecular flexibility index (Phi) is 2.15. The van der Waals surface area contributed by atoms with Crippen molar-refractivity contribution in [1.82, 2.24) is 9.97 Å². The summed E-state index contributed by atoms with van der Waals surface area (Å²) in [5, 5.41) is 1.21. The Morgan fingerprint density at radius 1 is 1.22 bits per heavy atom. The monoisotopic (exact) mass is 241 g/mol. The molecule has 1 saturated heterocycles. The molecule has 0 amide bonds. The van der Waals surface area contributed by atoms with Gasteiger partial charge in [-0.1, -0.05) is 6.07 Å². The van der Waals surface area contributed by atoms with Gasteiger partial charge in [-0.25, -0.2) is 0 Å². The third-order valence-electron chi connectivity index (χ3n) is 3.81. The molecule has 0 saturated carbocycles. The lowest BCUT2D eigenvalue weighted by Gasteiger charge is -2.18. The summed E-state index contributed by atoms with van der Waals surface area (Å²) in [5.74, 6) is 1.82. The van der Waals surface area contributed by atoms with Crippen molar-refractivity contribution < 1.29 is 4.74 Å². The van der Waals surface area contributed by atoms with Gasteiger partial charge in [-0.05, 0) is 18.9 Å². The maximum Gasteiger partial charge on any atom is 0.219 e. The Labute approximate surface area is 106 Å². The molecule has 1 fully saturated rings. The molecule has 4 rings (SSSR count). The fraction of sp³-hybridized carbons (Fsp3) is 0.429. The number of ether oxygens (including phenoxy) is 1. The lowest BCUT2D eigenvalue weighted by molar-refractivity contribution is 0.345. The summed E-state index contributed by atoms with van der Waals surface area (Å²) in [6, 6.07) is 4.13. The second-order valence-corrected chi connectivity index (χ2v) is 4.91. The number of rotatable bonds is 1. The summed E-state index contributed by atoms with van der Waals surface area (Å²) in [5.41, 5.74) is 2.25. The highest BCUT2D eigenvalue weighted by Crippen LogP contribution is 2.35. The van der Waals surface area contributed by atoms with E-state index in [4.69, 9.17) is 9.72 Å². The molecule has 2 aliphatic heterocycles. The van der Waals surface area contributed by atoms with E-state index in [0.717, 1.165) is 43.3 Å². The number of hydrogen-bond acceptors (Lipinski definition) is 4. The first-order chi connectivity index (χ1) is 8.93. The molecule has 92 valence electrons. The lowest BCUT2D eigenvalue weighted by Crippen LogP contribution is -2.19. The van der Waals surface area contributed by atoms with Crippen LogP contribution in [0.3, 0.4) is 0 Å². The van der Waals surface area contributed by atoms with Crippen molar-refractivity contribution >= 4 is 16.7 Å². The molecule has 2 aliphatic rings. The van der Waals surface area contributed by atoms with Gasteiger partial charge in [0.25, 0.3) is 0 Å². The average molecular weight is 241 g/mol. The summed E-state index contributed by atoms with van der Waals surface area (Å²) in [4.78, 5) is 11.6. The van der Waals surface area contributed by atoms with Crippen molar-refractivity contribution in [3.05, 3.63) is 23.9 Å². The highest BCUT2D eigenvalue weighted by molar-refractivity contribution is 5.92. The molecule has 0 atom stereocenters. The molecule has 0 unspecified atom stereocenters. The van der Waals surface area contributed by atoms with E-state index in [1.54, 1.807) is 0 Å². The maximum atomic E-state index is 5.64. The number of hydrogen-bond donors (Lipinski definition) is 0. The fourth-order valence-electron chi connectivity index (χ4n) is 2.92. The third-order valence-corrected chi connectivity index (χ3v) is 3.81. The molecule has 0 spiro atoms. The van der Waals surface area contributed by atoms with Crippen LogP contribution in [0.1, 0.15) is 18.4 Å². The Hall–Kier alpha value is -1.84. The van der Waals surface area contributed by atoms with Crippen molar-refractivity contribution in [2.75, 3.05) is 24.6 Å². The topological polar surface area (TPSA) is 38.2 Å². The van der Waals surface area contributed by atoms with Crippen LogP contribution in [-0.2, 0) is 6.42 Å². The average Bonchev–Trinajstić information content (AvgIpc) is 3.09. The Morgan fingerprint density at radius 3 is 3.00 bits per heavy atom. The second kappa shape index (κ2) is 3.83. The lowest BCUT2D eigenvalue weighted by atomic mass is 10.1. The zero-order valence-corrected chi connectivity index (χ0v) is 10.2. The molecule has 2 aromatic heterocycles. The van der Waals surface area contributed by atoms with Crippen molar-refractivity contribution in [2.45, 2.75) is 19.3 Å². The van der Waals surface area contributed by atoms with E-state index in [2.05, 4.69) is 16.0 Å². The summed E-state index contributed by atoms with van der Waals surface area (Å²) >= 11 is 0. The first-order valence-corrected chi connectivity index (χ1v) is 6.59. The summed E-state index contributed by atoms with van der Waals surface area (Å²) in [6.07, 6.45) is 5.29. The van der Waals surface area contributed by atoms with Crippen LogP contribution in [0.15, 0.2) is 18.3 Å². The highest BCUT2D eigenvalue weighted by Gasteiger charge is 2.24. The highest BCUT2D eigenvalue weighted by atomic mass is 16.5. The molecule has 2 aromatic rings. The van der Waals surface area contributed by atoms with E-state index >= 15 is 0 Å². The van der Waals surface area contributed by atoms with Crippen molar-refractivity contribution in [1.29, 1.82) is 0 Å². The Morgan fingerprint density at radius 2 is 2.11 bits per heavy atom. The van der Waals surface area contributed by atoms with Gasteiger partial charge in [-0.3, -0.25) is 4.98 Å². The van der Waals surface area contributed by atoms with Gasteiger partial charge in [0.05, 0.1) is 6.61 Å². The first kappa shape index (κ1) is 10.1. The van der Waals surface area contributed by atoms with Gasteiger partial charge in [-0.2, -0.15) is 4.98 Å². The third kappa shape index (κ3) is 1.38. The Bertz CT molecular complexity index is 605. The van der Waals surface area contributed by atoms with Crippen molar-refractivity contribution in [3.8, 4) is 5.88 Å². The van der Waals surface area contributed by atoms with Crippen molar-refractivity contribution in [2.24, 2.45) is 0 Å². The van der Waals surface area contributed by atoms with Crippen LogP contribution >= 0.6 is 0 Å². The predicted octanol–water partition coefficient (Wildman–Crippen LogP) is 2.16. The molecule has 4 heterocycles. The molecule has 0 aliphatic carbocycles. The molecule has 0 N–H and O–H groups in total. The van der Waals surface area contributed by atoms with Crippen molar-refractivity contribution in [3.63, 3.8) is 0 Å². The van der Waals surface area contributed by atoms with E-state index in [1.807, 2.05) is 12.3 Å². The number of nitrogens with zero attached hydrogens (tertiary/aromatic N) is 3. The van der Waals surface area contributed by atoms with Gasteiger partial charge >= 0.3 is 0 Å². The minimum atomic E-state index is 0.746. The molecule has 0 radical (unpaired) electrons. The minimum absolute atomic E-state index is 0.746. The van der Waals surface area contributed by atoms with Gasteiger partial charge in [0, 0.05) is 36.7 Å². The van der Waals surface area contributed by atoms with E-state index in [-0.39, 0.29) is 0 Å². The van der Waals surface area contributed by atoms with Crippen LogP contribution < -0.4 is 9.64 Å². The van der Waals surface area contributed by atoms with E-state index in [9.17, 15) is 0 Å². The fourth-order valence-corrected chi connectivity index (χ4v) is 2.92. The molecule has 4 nitrogen and oxygen atoms in total. The zero-order chi connectivity index (χ0) is 11.9. The SMILES string of the molecule is c1cnc2c(N3CCCC3)nc3c(c2c1)CCO3. The molecule has 0 bridgehead atoms. The quantitative estimate of drug-likeness (QED) is 0.767. The molecular formula is C14H15N3O. The van der Waals surface area contributed by atoms with Gasteiger partial charge < -0.3 is 9.64 Å². The summed E-state index contributed by atoms with van der Waals surface area (Å²) in [7, 11) is 0. The van der Waals surface area contributed by atoms with Gasteiger partial charge in [-0.15, -0.1) is 0 Å². The maximum absolute atomic E-state index is 5.64. The zero-order valence-electron chi connectivity index (χ0n) is 10.2. The van der Waals surface area contributed by atoms with Crippen LogP contribution in [0.25, 0.3) is 10.9 Å². The van der Waals surface area contributed by atoms with Gasteiger partial charge in [0.15, 0.2) is 5.82 Å². The number of anilines is 1. The van der Waals surface area contributed by atoms with Gasteiger partial charge in [0.1, 0.15) is 5.52 Å². The largest absolute Gasteiger partial charge is 0.477 e. The van der Waals surface area contributed by atoms with E-state index < -0.39 is 0 Å². The normalized spacial score (nSPS) is 18.1. The second-order valence-electron chi connectivity index (χ2n) is 4.91. The number of pyridine rings is 2. The van der Waals surface area contributed by atoms with Crippen LogP contribution in [0.5, 0.6) is 5.88 Å². The first-order valence-electron chi connectivity index (χ1n) is 6.59. The van der Waals surface area contributed by atoms with Crippen LogP contribution in [-0.4, -0.2) is 29.7 Å². The Balaban J connectivity index is 1.99. The van der Waals surface area contributed by atoms with E-state index in [0.29, 0.717) is 0 Å². The smallest absolute Gasteiger partial charge is 0.219 e. The molecule has 4 heteroatoms. The predicted molar refractivity (Wildman–Crippen MR) is 70.2 cm³/mol. The van der Waals surface area contributed by atoms with Crippen LogP contribution in [0.4, 0.5) is 5.82 Å². The molecule has 0 aromatic carbocycles. The van der Waals surface area contributed by atoms with Gasteiger partial charge in [0.2, 0.25) is 5.88 Å².